The van der Waals surface area contributed by atoms with Gasteiger partial charge < -0.3 is 4.74 Å². The van der Waals surface area contributed by atoms with E-state index in [1.165, 1.54) is 12.8 Å². The zero-order valence-electron chi connectivity index (χ0n) is 8.33. The number of hydrogen-bond donors (Lipinski definition) is 1. The SMILES string of the molecule is O=C(NOC1CCCC1)[C@@H]1CCCO1. The molecule has 1 aliphatic heterocycles. The highest BCUT2D eigenvalue weighted by molar-refractivity contribution is 5.79. The Morgan fingerprint density at radius 3 is 2.64 bits per heavy atom. The summed E-state index contributed by atoms with van der Waals surface area (Å²) in [5, 5.41) is 0. The zero-order chi connectivity index (χ0) is 9.80. The zero-order valence-corrected chi connectivity index (χ0v) is 8.33. The Balaban J connectivity index is 1.66. The molecule has 2 fully saturated rings. The molecule has 0 bridgehead atoms. The summed E-state index contributed by atoms with van der Waals surface area (Å²) in [5.41, 5.74) is 2.50. The van der Waals surface area contributed by atoms with Gasteiger partial charge in [-0.05, 0) is 25.7 Å². The van der Waals surface area contributed by atoms with Crippen LogP contribution in [0.2, 0.25) is 0 Å². The van der Waals surface area contributed by atoms with E-state index in [0.717, 1.165) is 25.7 Å². The number of hydrogen-bond acceptors (Lipinski definition) is 3. The summed E-state index contributed by atoms with van der Waals surface area (Å²) < 4.78 is 5.24. The van der Waals surface area contributed by atoms with Crippen LogP contribution in [-0.4, -0.2) is 24.7 Å². The van der Waals surface area contributed by atoms with Gasteiger partial charge in [0.25, 0.3) is 5.91 Å². The average molecular weight is 199 g/mol. The molecule has 80 valence electrons. The minimum atomic E-state index is -0.281. The molecule has 0 spiro atoms. The maximum Gasteiger partial charge on any atom is 0.272 e. The van der Waals surface area contributed by atoms with E-state index in [4.69, 9.17) is 9.57 Å². The van der Waals surface area contributed by atoms with Gasteiger partial charge in [-0.3, -0.25) is 9.63 Å². The van der Waals surface area contributed by atoms with Crippen LogP contribution in [0.15, 0.2) is 0 Å². The highest BCUT2D eigenvalue weighted by atomic mass is 16.7. The number of carbonyl (C=O) groups excluding carboxylic acids is 1. The molecule has 1 atom stereocenters. The number of rotatable bonds is 3. The summed E-state index contributed by atoms with van der Waals surface area (Å²) >= 11 is 0. The van der Waals surface area contributed by atoms with Crippen LogP contribution in [-0.2, 0) is 14.4 Å². The second kappa shape index (κ2) is 4.75. The van der Waals surface area contributed by atoms with Crippen molar-refractivity contribution in [1.29, 1.82) is 0 Å². The molecule has 1 heterocycles. The van der Waals surface area contributed by atoms with E-state index in [0.29, 0.717) is 6.61 Å². The van der Waals surface area contributed by atoms with Gasteiger partial charge in [-0.25, -0.2) is 5.48 Å². The molecule has 14 heavy (non-hydrogen) atoms. The third kappa shape index (κ3) is 2.45. The number of hydroxylamine groups is 1. The van der Waals surface area contributed by atoms with Crippen LogP contribution in [0.3, 0.4) is 0 Å². The van der Waals surface area contributed by atoms with Crippen molar-refractivity contribution >= 4 is 5.91 Å². The fourth-order valence-corrected chi connectivity index (χ4v) is 2.00. The van der Waals surface area contributed by atoms with Crippen LogP contribution in [0, 0.1) is 0 Å². The van der Waals surface area contributed by atoms with Crippen molar-refractivity contribution in [3.63, 3.8) is 0 Å². The smallest absolute Gasteiger partial charge is 0.272 e. The molecule has 1 saturated carbocycles. The molecule has 0 aromatic carbocycles. The number of ether oxygens (including phenoxy) is 1. The molecule has 1 N–H and O–H groups in total. The number of nitrogens with one attached hydrogen (secondary N) is 1. The van der Waals surface area contributed by atoms with Crippen molar-refractivity contribution in [2.45, 2.75) is 50.7 Å². The molecule has 4 heteroatoms. The molecular weight excluding hydrogens is 182 g/mol. The van der Waals surface area contributed by atoms with E-state index in [9.17, 15) is 4.79 Å². The first kappa shape index (κ1) is 9.93. The van der Waals surface area contributed by atoms with Crippen LogP contribution in [0.4, 0.5) is 0 Å². The Hall–Kier alpha value is -0.610. The topological polar surface area (TPSA) is 47.6 Å². The van der Waals surface area contributed by atoms with Gasteiger partial charge in [-0.15, -0.1) is 0 Å². The highest BCUT2D eigenvalue weighted by Crippen LogP contribution is 2.20. The fraction of sp³-hybridized carbons (Fsp3) is 0.900. The van der Waals surface area contributed by atoms with Gasteiger partial charge in [0.05, 0.1) is 6.10 Å². The summed E-state index contributed by atoms with van der Waals surface area (Å²) in [7, 11) is 0. The van der Waals surface area contributed by atoms with E-state index in [-0.39, 0.29) is 18.1 Å². The van der Waals surface area contributed by atoms with Crippen molar-refractivity contribution in [3.8, 4) is 0 Å². The summed E-state index contributed by atoms with van der Waals surface area (Å²) in [6, 6.07) is 0. The highest BCUT2D eigenvalue weighted by Gasteiger charge is 2.25. The molecular formula is C10H17NO3. The van der Waals surface area contributed by atoms with Crippen LogP contribution >= 0.6 is 0 Å². The maximum atomic E-state index is 11.4. The average Bonchev–Trinajstić information content (AvgIpc) is 2.87. The van der Waals surface area contributed by atoms with Gasteiger partial charge in [0.1, 0.15) is 6.10 Å². The lowest BCUT2D eigenvalue weighted by Gasteiger charge is -2.13. The molecule has 1 amide bonds. The third-order valence-electron chi connectivity index (χ3n) is 2.85. The van der Waals surface area contributed by atoms with Crippen molar-refractivity contribution in [2.75, 3.05) is 6.61 Å². The van der Waals surface area contributed by atoms with Crippen molar-refractivity contribution in [3.05, 3.63) is 0 Å². The lowest BCUT2D eigenvalue weighted by molar-refractivity contribution is -0.147. The standard InChI is InChI=1S/C10H17NO3/c12-10(9-6-3-7-13-9)11-14-8-4-1-2-5-8/h8-9H,1-7H2,(H,11,12)/t9-/m0/s1. The van der Waals surface area contributed by atoms with E-state index in [1.807, 2.05) is 0 Å². The van der Waals surface area contributed by atoms with Crippen LogP contribution < -0.4 is 5.48 Å². The van der Waals surface area contributed by atoms with E-state index in [2.05, 4.69) is 5.48 Å². The van der Waals surface area contributed by atoms with Crippen molar-refractivity contribution in [2.24, 2.45) is 0 Å². The minimum absolute atomic E-state index is 0.116. The normalized spacial score (nSPS) is 28.1. The quantitative estimate of drug-likeness (QED) is 0.694. The Morgan fingerprint density at radius 1 is 1.21 bits per heavy atom. The first-order chi connectivity index (χ1) is 6.86. The molecule has 1 aliphatic carbocycles. The first-order valence-corrected chi connectivity index (χ1v) is 5.43. The van der Waals surface area contributed by atoms with E-state index < -0.39 is 0 Å². The molecule has 2 aliphatic rings. The summed E-state index contributed by atoms with van der Waals surface area (Å²) in [6.45, 7) is 0.696. The number of carbonyl (C=O) groups is 1. The molecule has 0 aromatic rings. The third-order valence-corrected chi connectivity index (χ3v) is 2.85. The van der Waals surface area contributed by atoms with Gasteiger partial charge in [0, 0.05) is 6.61 Å². The minimum Gasteiger partial charge on any atom is -0.368 e. The first-order valence-electron chi connectivity index (χ1n) is 5.43. The van der Waals surface area contributed by atoms with Gasteiger partial charge in [-0.1, -0.05) is 12.8 Å². The van der Waals surface area contributed by atoms with Gasteiger partial charge >= 0.3 is 0 Å². The molecule has 0 unspecified atom stereocenters. The molecule has 4 nitrogen and oxygen atoms in total. The van der Waals surface area contributed by atoms with Crippen LogP contribution in [0.5, 0.6) is 0 Å². The molecule has 2 rings (SSSR count). The molecule has 0 radical (unpaired) electrons. The second-order valence-corrected chi connectivity index (χ2v) is 3.99. The lowest BCUT2D eigenvalue weighted by atomic mass is 10.2. The van der Waals surface area contributed by atoms with Crippen molar-refractivity contribution < 1.29 is 14.4 Å². The Morgan fingerprint density at radius 2 is 2.00 bits per heavy atom. The predicted octanol–water partition coefficient (Wildman–Crippen LogP) is 1.16. The number of amides is 1. The van der Waals surface area contributed by atoms with Crippen LogP contribution in [0.1, 0.15) is 38.5 Å². The Kier molecular flexibility index (Phi) is 3.37. The monoisotopic (exact) mass is 199 g/mol. The lowest BCUT2D eigenvalue weighted by Crippen LogP contribution is -2.36. The van der Waals surface area contributed by atoms with E-state index in [1.54, 1.807) is 0 Å². The maximum absolute atomic E-state index is 11.4. The van der Waals surface area contributed by atoms with E-state index >= 15 is 0 Å². The van der Waals surface area contributed by atoms with Gasteiger partial charge in [0.2, 0.25) is 0 Å². The van der Waals surface area contributed by atoms with Gasteiger partial charge in [-0.2, -0.15) is 0 Å². The fourth-order valence-electron chi connectivity index (χ4n) is 2.00. The summed E-state index contributed by atoms with van der Waals surface area (Å²) in [4.78, 5) is 16.7. The largest absolute Gasteiger partial charge is 0.368 e. The predicted molar refractivity (Wildman–Crippen MR) is 50.5 cm³/mol. The Labute approximate surface area is 83.9 Å². The summed E-state index contributed by atoms with van der Waals surface area (Å²) in [5.74, 6) is -0.116. The second-order valence-electron chi connectivity index (χ2n) is 3.99. The van der Waals surface area contributed by atoms with Crippen molar-refractivity contribution in [1.82, 2.24) is 5.48 Å². The molecule has 1 saturated heterocycles. The van der Waals surface area contributed by atoms with Gasteiger partial charge in [0.15, 0.2) is 0 Å². The van der Waals surface area contributed by atoms with Crippen LogP contribution in [0.25, 0.3) is 0 Å². The Bertz CT molecular complexity index is 196. The molecule has 0 aromatic heterocycles. The summed E-state index contributed by atoms with van der Waals surface area (Å²) in [6.07, 6.45) is 6.27.